The van der Waals surface area contributed by atoms with Crippen molar-refractivity contribution >= 4 is 11.6 Å². The van der Waals surface area contributed by atoms with Crippen molar-refractivity contribution in [2.24, 2.45) is 0 Å². The predicted octanol–water partition coefficient (Wildman–Crippen LogP) is 1.56. The Morgan fingerprint density at radius 2 is 1.63 bits per heavy atom. The third-order valence-corrected chi connectivity index (χ3v) is 3.93. The first kappa shape index (κ1) is 12.3. The minimum Gasteiger partial charge on any atom is -0.246 e. The second kappa shape index (κ2) is 4.42. The molecule has 0 aliphatic carbocycles. The summed E-state index contributed by atoms with van der Waals surface area (Å²) >= 11 is 5.97. The number of aryl methyl sites for hydroxylation is 1. The first-order valence-electron chi connectivity index (χ1n) is 6.29. The van der Waals surface area contributed by atoms with Crippen LogP contribution in [0.4, 0.5) is 0 Å². The largest absolute Gasteiger partial charge is 0.351 e. The maximum atomic E-state index is 12.3. The monoisotopic (exact) mass is 279 g/mol. The van der Waals surface area contributed by atoms with Gasteiger partial charge in [-0.2, -0.15) is 0 Å². The summed E-state index contributed by atoms with van der Waals surface area (Å²) in [5.74, 6) is 0. The van der Waals surface area contributed by atoms with Crippen molar-refractivity contribution in [3.8, 4) is 5.69 Å². The van der Waals surface area contributed by atoms with E-state index in [0.717, 1.165) is 18.4 Å². The quantitative estimate of drug-likeness (QED) is 0.795. The highest BCUT2D eigenvalue weighted by Gasteiger charge is 2.19. The van der Waals surface area contributed by atoms with Gasteiger partial charge >= 0.3 is 11.4 Å². The van der Waals surface area contributed by atoms with Crippen molar-refractivity contribution in [2.45, 2.75) is 32.9 Å². The summed E-state index contributed by atoms with van der Waals surface area (Å²) in [4.78, 5) is 24.6. The van der Waals surface area contributed by atoms with Crippen molar-refractivity contribution in [3.05, 3.63) is 49.8 Å². The third kappa shape index (κ3) is 1.85. The van der Waals surface area contributed by atoms with E-state index < -0.39 is 0 Å². The standard InChI is InChI=1S/C13H14ClN3O2/c1-9-8-10(4-5-11(9)14)17-12(18)15-6-2-3-7-16(15)13(17)19/h4-5,8H,2-3,6-7H2,1H3. The molecule has 5 nitrogen and oxygen atoms in total. The van der Waals surface area contributed by atoms with Gasteiger partial charge in [0.05, 0.1) is 5.69 Å². The van der Waals surface area contributed by atoms with Crippen LogP contribution in [0.1, 0.15) is 18.4 Å². The summed E-state index contributed by atoms with van der Waals surface area (Å²) in [6.07, 6.45) is 1.87. The maximum absolute atomic E-state index is 12.3. The summed E-state index contributed by atoms with van der Waals surface area (Å²) in [5, 5.41) is 0.626. The van der Waals surface area contributed by atoms with Crippen LogP contribution in [-0.2, 0) is 13.1 Å². The lowest BCUT2D eigenvalue weighted by Crippen LogP contribution is -2.30. The van der Waals surface area contributed by atoms with Crippen LogP contribution in [0.5, 0.6) is 0 Å². The zero-order chi connectivity index (χ0) is 13.6. The molecule has 0 N–H and O–H groups in total. The highest BCUT2D eigenvalue weighted by atomic mass is 35.5. The molecule has 1 aromatic carbocycles. The normalized spacial score (nSPS) is 14.4. The number of benzene rings is 1. The van der Waals surface area contributed by atoms with Crippen LogP contribution in [-0.4, -0.2) is 13.9 Å². The first-order chi connectivity index (χ1) is 9.09. The van der Waals surface area contributed by atoms with Crippen LogP contribution in [0.15, 0.2) is 27.8 Å². The van der Waals surface area contributed by atoms with Gasteiger partial charge in [0.1, 0.15) is 0 Å². The molecule has 0 radical (unpaired) electrons. The molecule has 0 spiro atoms. The molecule has 0 bridgehead atoms. The molecule has 2 heterocycles. The Hall–Kier alpha value is -1.75. The zero-order valence-electron chi connectivity index (χ0n) is 10.6. The molecule has 2 aromatic rings. The molecular weight excluding hydrogens is 266 g/mol. The van der Waals surface area contributed by atoms with Gasteiger partial charge in [-0.25, -0.2) is 23.5 Å². The average molecular weight is 280 g/mol. The van der Waals surface area contributed by atoms with Crippen LogP contribution in [0.25, 0.3) is 5.69 Å². The van der Waals surface area contributed by atoms with Crippen LogP contribution >= 0.6 is 11.6 Å². The maximum Gasteiger partial charge on any atom is 0.351 e. The van der Waals surface area contributed by atoms with E-state index in [0.29, 0.717) is 23.8 Å². The van der Waals surface area contributed by atoms with Crippen LogP contribution in [0.2, 0.25) is 5.02 Å². The van der Waals surface area contributed by atoms with Crippen LogP contribution < -0.4 is 11.4 Å². The lowest BCUT2D eigenvalue weighted by molar-refractivity contribution is 0.348. The molecule has 0 saturated carbocycles. The molecule has 0 unspecified atom stereocenters. The molecule has 0 fully saturated rings. The number of hydrogen-bond donors (Lipinski definition) is 0. The molecule has 1 aliphatic rings. The number of fused-ring (bicyclic) bond motifs is 1. The third-order valence-electron chi connectivity index (χ3n) is 3.51. The topological polar surface area (TPSA) is 48.9 Å². The Labute approximate surface area is 114 Å². The van der Waals surface area contributed by atoms with Gasteiger partial charge in [-0.15, -0.1) is 0 Å². The number of nitrogens with zero attached hydrogens (tertiary/aromatic N) is 3. The minimum atomic E-state index is -0.272. The summed E-state index contributed by atoms with van der Waals surface area (Å²) in [5.41, 5.74) is 0.879. The molecule has 19 heavy (non-hydrogen) atoms. The fourth-order valence-electron chi connectivity index (χ4n) is 2.46. The second-order valence-electron chi connectivity index (χ2n) is 4.79. The SMILES string of the molecule is Cc1cc(-n2c(=O)n3n(c2=O)CCCC3)ccc1Cl. The summed E-state index contributed by atoms with van der Waals surface area (Å²) in [6, 6.07) is 5.17. The van der Waals surface area contributed by atoms with Gasteiger partial charge in [-0.05, 0) is 43.5 Å². The molecule has 1 aliphatic heterocycles. The number of rotatable bonds is 1. The fraction of sp³-hybridized carbons (Fsp3) is 0.385. The van der Waals surface area contributed by atoms with E-state index in [2.05, 4.69) is 0 Å². The smallest absolute Gasteiger partial charge is 0.246 e. The highest BCUT2D eigenvalue weighted by Crippen LogP contribution is 2.17. The van der Waals surface area contributed by atoms with Crippen LogP contribution in [0.3, 0.4) is 0 Å². The Bertz CT molecular complexity index is 717. The van der Waals surface area contributed by atoms with Gasteiger partial charge in [0.2, 0.25) is 0 Å². The van der Waals surface area contributed by atoms with Crippen molar-refractivity contribution in [2.75, 3.05) is 0 Å². The van der Waals surface area contributed by atoms with Gasteiger partial charge in [0.25, 0.3) is 0 Å². The molecule has 100 valence electrons. The molecular formula is C13H14ClN3O2. The Morgan fingerprint density at radius 1 is 1.05 bits per heavy atom. The number of aromatic nitrogens is 3. The second-order valence-corrected chi connectivity index (χ2v) is 5.19. The predicted molar refractivity (Wildman–Crippen MR) is 73.3 cm³/mol. The van der Waals surface area contributed by atoms with E-state index in [1.54, 1.807) is 18.2 Å². The highest BCUT2D eigenvalue weighted by molar-refractivity contribution is 6.31. The summed E-state index contributed by atoms with van der Waals surface area (Å²) < 4.78 is 4.26. The van der Waals surface area contributed by atoms with E-state index in [1.807, 2.05) is 6.92 Å². The molecule has 6 heteroatoms. The lowest BCUT2D eigenvalue weighted by Gasteiger charge is -2.13. The molecule has 1 aromatic heterocycles. The number of hydrogen-bond acceptors (Lipinski definition) is 2. The Morgan fingerprint density at radius 3 is 2.16 bits per heavy atom. The Kier molecular flexibility index (Phi) is 2.86. The van der Waals surface area contributed by atoms with E-state index in [4.69, 9.17) is 11.6 Å². The zero-order valence-corrected chi connectivity index (χ0v) is 11.4. The van der Waals surface area contributed by atoms with E-state index in [-0.39, 0.29) is 11.4 Å². The summed E-state index contributed by atoms with van der Waals surface area (Å²) in [6.45, 7) is 3.06. The molecule has 0 saturated heterocycles. The minimum absolute atomic E-state index is 0.272. The van der Waals surface area contributed by atoms with Crippen molar-refractivity contribution in [1.29, 1.82) is 0 Å². The van der Waals surface area contributed by atoms with Crippen LogP contribution in [0, 0.1) is 6.92 Å². The van der Waals surface area contributed by atoms with Gasteiger partial charge in [0, 0.05) is 18.1 Å². The van der Waals surface area contributed by atoms with Gasteiger partial charge in [-0.3, -0.25) is 0 Å². The first-order valence-corrected chi connectivity index (χ1v) is 6.66. The Balaban J connectivity index is 2.26. The van der Waals surface area contributed by atoms with Gasteiger partial charge in [0.15, 0.2) is 0 Å². The number of halogens is 1. The molecule has 0 atom stereocenters. The van der Waals surface area contributed by atoms with Gasteiger partial charge in [-0.1, -0.05) is 11.6 Å². The fourth-order valence-corrected chi connectivity index (χ4v) is 2.58. The lowest BCUT2D eigenvalue weighted by atomic mass is 10.2. The van der Waals surface area contributed by atoms with E-state index in [9.17, 15) is 9.59 Å². The molecule has 3 rings (SSSR count). The summed E-state index contributed by atoms with van der Waals surface area (Å²) in [7, 11) is 0. The molecule has 0 amide bonds. The van der Waals surface area contributed by atoms with Gasteiger partial charge < -0.3 is 0 Å². The van der Waals surface area contributed by atoms with Crippen molar-refractivity contribution in [1.82, 2.24) is 13.9 Å². The van der Waals surface area contributed by atoms with Crippen molar-refractivity contribution in [3.63, 3.8) is 0 Å². The van der Waals surface area contributed by atoms with E-state index in [1.165, 1.54) is 13.9 Å². The average Bonchev–Trinajstić information content (AvgIpc) is 2.66. The van der Waals surface area contributed by atoms with Crippen molar-refractivity contribution < 1.29 is 0 Å². The van der Waals surface area contributed by atoms with E-state index >= 15 is 0 Å².